The monoisotopic (exact) mass is 501 g/mol. The van der Waals surface area contributed by atoms with E-state index in [1.54, 1.807) is 25.1 Å². The van der Waals surface area contributed by atoms with Gasteiger partial charge in [0.1, 0.15) is 4.88 Å². The molecule has 34 heavy (non-hydrogen) atoms. The van der Waals surface area contributed by atoms with E-state index >= 15 is 0 Å². The van der Waals surface area contributed by atoms with Crippen molar-refractivity contribution in [3.63, 3.8) is 0 Å². The topological polar surface area (TPSA) is 90.6 Å². The van der Waals surface area contributed by atoms with Gasteiger partial charge in [0.05, 0.1) is 36.0 Å². The molecule has 10 heteroatoms. The number of aromatic amines is 1. The van der Waals surface area contributed by atoms with Crippen molar-refractivity contribution in [2.45, 2.75) is 38.3 Å². The summed E-state index contributed by atoms with van der Waals surface area (Å²) in [6.07, 6.45) is 3.35. The molecule has 4 heterocycles. The third-order valence-electron chi connectivity index (χ3n) is 6.36. The number of hydrogen-bond donors (Lipinski definition) is 2. The fourth-order valence-corrected chi connectivity index (χ4v) is 6.04. The van der Waals surface area contributed by atoms with E-state index in [1.807, 2.05) is 26.1 Å². The number of halogens is 1. The van der Waals surface area contributed by atoms with Gasteiger partial charge >= 0.3 is 0 Å². The molecule has 1 saturated heterocycles. The molecule has 0 radical (unpaired) electrons. The fraction of sp³-hybridized carbons (Fsp3) is 0.458. The van der Waals surface area contributed by atoms with Gasteiger partial charge < -0.3 is 24.8 Å². The number of hydrogen-bond acceptors (Lipinski definition) is 6. The maximum atomic E-state index is 12.7. The molecular formula is C24H28ClN5O3S. The van der Waals surface area contributed by atoms with Crippen molar-refractivity contribution < 1.29 is 14.3 Å². The standard InChI is InChI=1S/C24H28ClN5O3S/c1-24(2)10-18-20(21(31)28-24)34-23(27-18)30-5-6-33-12-15(30)7-13-11-26-19-16(13)8-14(25)9-17(19)22(32)29(3)4/h8-9,11,15,26H,5-7,10,12H2,1-4H3,(H,28,31)/t15-/m0/s1. The number of carbonyl (C=O) groups is 2. The summed E-state index contributed by atoms with van der Waals surface area (Å²) in [5, 5.41) is 5.38. The number of benzene rings is 1. The fourth-order valence-electron chi connectivity index (χ4n) is 4.75. The average molecular weight is 502 g/mol. The number of nitrogens with zero attached hydrogens (tertiary/aromatic N) is 3. The van der Waals surface area contributed by atoms with Gasteiger partial charge in [-0.3, -0.25) is 9.59 Å². The van der Waals surface area contributed by atoms with Gasteiger partial charge in [0.2, 0.25) is 0 Å². The molecule has 1 aromatic carbocycles. The Morgan fingerprint density at radius 2 is 2.18 bits per heavy atom. The maximum absolute atomic E-state index is 12.7. The highest BCUT2D eigenvalue weighted by molar-refractivity contribution is 7.17. The molecule has 2 amide bonds. The summed E-state index contributed by atoms with van der Waals surface area (Å²) in [6, 6.07) is 3.65. The second-order valence-electron chi connectivity index (χ2n) is 9.80. The summed E-state index contributed by atoms with van der Waals surface area (Å²) in [4.78, 5) is 38.0. The van der Waals surface area contributed by atoms with Gasteiger partial charge in [0.15, 0.2) is 5.13 Å². The molecule has 1 atom stereocenters. The van der Waals surface area contributed by atoms with Crippen LogP contribution in [0.2, 0.25) is 5.02 Å². The van der Waals surface area contributed by atoms with Gasteiger partial charge in [-0.05, 0) is 38.0 Å². The molecule has 2 aromatic heterocycles. The van der Waals surface area contributed by atoms with Crippen molar-refractivity contribution in [2.75, 3.05) is 38.8 Å². The van der Waals surface area contributed by atoms with Crippen LogP contribution in [0.25, 0.3) is 10.9 Å². The smallest absolute Gasteiger partial charge is 0.263 e. The van der Waals surface area contributed by atoms with Gasteiger partial charge in [-0.1, -0.05) is 22.9 Å². The Morgan fingerprint density at radius 3 is 2.94 bits per heavy atom. The molecule has 0 aliphatic carbocycles. The van der Waals surface area contributed by atoms with Gasteiger partial charge in [-0.2, -0.15) is 0 Å². The minimum atomic E-state index is -0.301. The second kappa shape index (κ2) is 8.55. The molecule has 0 saturated carbocycles. The highest BCUT2D eigenvalue weighted by Crippen LogP contribution is 2.35. The van der Waals surface area contributed by atoms with Crippen LogP contribution in [0.15, 0.2) is 18.3 Å². The number of aromatic nitrogens is 2. The lowest BCUT2D eigenvalue weighted by Crippen LogP contribution is -2.48. The van der Waals surface area contributed by atoms with Crippen LogP contribution < -0.4 is 10.2 Å². The van der Waals surface area contributed by atoms with Crippen molar-refractivity contribution >= 4 is 50.8 Å². The van der Waals surface area contributed by atoms with E-state index in [0.717, 1.165) is 27.3 Å². The third-order valence-corrected chi connectivity index (χ3v) is 7.71. The first-order valence-electron chi connectivity index (χ1n) is 11.3. The Bertz CT molecular complexity index is 1280. The zero-order valence-corrected chi connectivity index (χ0v) is 21.3. The Hall–Kier alpha value is -2.62. The largest absolute Gasteiger partial charge is 0.377 e. The van der Waals surface area contributed by atoms with Crippen LogP contribution in [0.4, 0.5) is 5.13 Å². The third kappa shape index (κ3) is 4.16. The van der Waals surface area contributed by atoms with Crippen molar-refractivity contribution in [1.82, 2.24) is 20.2 Å². The van der Waals surface area contributed by atoms with Crippen LogP contribution in [0, 0.1) is 0 Å². The van der Waals surface area contributed by atoms with E-state index in [-0.39, 0.29) is 23.4 Å². The Morgan fingerprint density at radius 1 is 1.38 bits per heavy atom. The number of morpholine rings is 1. The summed E-state index contributed by atoms with van der Waals surface area (Å²) < 4.78 is 5.83. The SMILES string of the molecule is CN(C)C(=O)c1cc(Cl)cc2c(C[C@H]3COCCN3c3nc4c(s3)C(=O)NC(C)(C)C4)c[nH]c12. The summed E-state index contributed by atoms with van der Waals surface area (Å²) in [7, 11) is 3.45. The molecule has 0 spiro atoms. The van der Waals surface area contributed by atoms with Crippen molar-refractivity contribution in [3.8, 4) is 0 Å². The first kappa shape index (κ1) is 23.1. The van der Waals surface area contributed by atoms with E-state index in [2.05, 4.69) is 15.2 Å². The molecule has 2 aliphatic rings. The van der Waals surface area contributed by atoms with Crippen LogP contribution in [0.1, 0.15) is 45.1 Å². The Balaban J connectivity index is 1.47. The summed E-state index contributed by atoms with van der Waals surface area (Å²) in [5.41, 5.74) is 2.96. The minimum absolute atomic E-state index is 0.0448. The molecule has 180 valence electrons. The first-order valence-corrected chi connectivity index (χ1v) is 12.5. The minimum Gasteiger partial charge on any atom is -0.377 e. The molecule has 2 N–H and O–H groups in total. The number of ether oxygens (including phenoxy) is 1. The summed E-state index contributed by atoms with van der Waals surface area (Å²) in [6.45, 7) is 5.90. The molecule has 3 aromatic rings. The van der Waals surface area contributed by atoms with Gasteiger partial charge in [0, 0.05) is 49.2 Å². The lowest BCUT2D eigenvalue weighted by Gasteiger charge is -2.35. The van der Waals surface area contributed by atoms with Crippen LogP contribution >= 0.6 is 22.9 Å². The van der Waals surface area contributed by atoms with Crippen LogP contribution in [-0.2, 0) is 17.6 Å². The van der Waals surface area contributed by atoms with Crippen LogP contribution in [0.3, 0.4) is 0 Å². The predicted octanol–water partition coefficient (Wildman–Crippen LogP) is 3.49. The van der Waals surface area contributed by atoms with Crippen molar-refractivity contribution in [1.29, 1.82) is 0 Å². The summed E-state index contributed by atoms with van der Waals surface area (Å²) in [5.74, 6) is -0.151. The molecular weight excluding hydrogens is 474 g/mol. The van der Waals surface area contributed by atoms with Gasteiger partial charge in [-0.25, -0.2) is 4.98 Å². The molecule has 8 nitrogen and oxygen atoms in total. The van der Waals surface area contributed by atoms with E-state index in [4.69, 9.17) is 21.3 Å². The zero-order valence-electron chi connectivity index (χ0n) is 19.7. The number of carbonyl (C=O) groups excluding carboxylic acids is 2. The normalized spacial score (nSPS) is 19.7. The molecule has 2 aliphatic heterocycles. The average Bonchev–Trinajstić information content (AvgIpc) is 3.36. The molecule has 0 bridgehead atoms. The number of H-pyrrole nitrogens is 1. The van der Waals surface area contributed by atoms with E-state index in [0.29, 0.717) is 48.1 Å². The molecule has 1 fully saturated rings. The number of amides is 2. The highest BCUT2D eigenvalue weighted by Gasteiger charge is 2.35. The maximum Gasteiger partial charge on any atom is 0.263 e. The zero-order chi connectivity index (χ0) is 24.2. The number of anilines is 1. The number of thiazole rings is 1. The lowest BCUT2D eigenvalue weighted by molar-refractivity contribution is 0.0828. The van der Waals surface area contributed by atoms with E-state index in [1.165, 1.54) is 11.3 Å². The van der Waals surface area contributed by atoms with E-state index in [9.17, 15) is 9.59 Å². The van der Waals surface area contributed by atoms with Gasteiger partial charge in [-0.15, -0.1) is 0 Å². The lowest BCUT2D eigenvalue weighted by atomic mass is 9.94. The predicted molar refractivity (Wildman–Crippen MR) is 134 cm³/mol. The first-order chi connectivity index (χ1) is 16.1. The van der Waals surface area contributed by atoms with Crippen molar-refractivity contribution in [2.24, 2.45) is 0 Å². The van der Waals surface area contributed by atoms with Crippen molar-refractivity contribution in [3.05, 3.63) is 45.1 Å². The highest BCUT2D eigenvalue weighted by atomic mass is 35.5. The van der Waals surface area contributed by atoms with Gasteiger partial charge in [0.25, 0.3) is 11.8 Å². The van der Waals surface area contributed by atoms with Crippen LogP contribution in [-0.4, -0.2) is 72.1 Å². The number of fused-ring (bicyclic) bond motifs is 2. The van der Waals surface area contributed by atoms with Crippen LogP contribution in [0.5, 0.6) is 0 Å². The second-order valence-corrected chi connectivity index (χ2v) is 11.2. The Labute approximate surface area is 207 Å². The number of rotatable bonds is 4. The molecule has 5 rings (SSSR count). The number of nitrogens with one attached hydrogen (secondary N) is 2. The quantitative estimate of drug-likeness (QED) is 0.571. The summed E-state index contributed by atoms with van der Waals surface area (Å²) >= 11 is 7.85. The Kier molecular flexibility index (Phi) is 5.82. The molecule has 0 unspecified atom stereocenters. The van der Waals surface area contributed by atoms with E-state index < -0.39 is 0 Å².